The molecule has 1 aromatic heterocycles. The van der Waals surface area contributed by atoms with E-state index < -0.39 is 10.0 Å². The Morgan fingerprint density at radius 2 is 1.81 bits per heavy atom. The molecule has 5 nitrogen and oxygen atoms in total. The molecule has 1 N–H and O–H groups in total. The van der Waals surface area contributed by atoms with E-state index >= 15 is 0 Å². The van der Waals surface area contributed by atoms with Crippen LogP contribution in [-0.4, -0.2) is 37.8 Å². The molecule has 4 bridgehead atoms. The van der Waals surface area contributed by atoms with Crippen LogP contribution in [0, 0.1) is 29.6 Å². The average Bonchev–Trinajstić information content (AvgIpc) is 3.20. The van der Waals surface area contributed by atoms with Crippen LogP contribution in [0.25, 0.3) is 0 Å². The van der Waals surface area contributed by atoms with Gasteiger partial charge in [0.1, 0.15) is 4.21 Å². The maximum Gasteiger partial charge on any atom is 0.252 e. The second kappa shape index (κ2) is 6.85. The molecule has 0 radical (unpaired) electrons. The molecule has 1 saturated heterocycles. The molecule has 1 amide bonds. The van der Waals surface area contributed by atoms with Crippen molar-refractivity contribution in [3.05, 3.63) is 17.5 Å². The Morgan fingerprint density at radius 3 is 2.44 bits per heavy atom. The zero-order valence-corrected chi connectivity index (χ0v) is 17.2. The Morgan fingerprint density at radius 1 is 1.11 bits per heavy atom. The summed E-state index contributed by atoms with van der Waals surface area (Å²) in [5.41, 5.74) is 0. The Balaban J connectivity index is 1.26. The molecule has 5 aliphatic rings. The summed E-state index contributed by atoms with van der Waals surface area (Å²) in [5, 5.41) is 5.17. The number of thiophene rings is 1. The number of sulfonamides is 1. The van der Waals surface area contributed by atoms with Crippen molar-refractivity contribution in [2.24, 2.45) is 29.6 Å². The number of amides is 1. The third-order valence-electron chi connectivity index (χ3n) is 7.38. The van der Waals surface area contributed by atoms with Gasteiger partial charge in [0.15, 0.2) is 0 Å². The van der Waals surface area contributed by atoms with Gasteiger partial charge in [-0.2, -0.15) is 4.31 Å². The molecule has 1 unspecified atom stereocenters. The van der Waals surface area contributed by atoms with Gasteiger partial charge in [-0.15, -0.1) is 11.3 Å². The molecule has 6 rings (SSSR count). The van der Waals surface area contributed by atoms with E-state index in [-0.39, 0.29) is 11.8 Å². The minimum Gasteiger partial charge on any atom is -0.353 e. The lowest BCUT2D eigenvalue weighted by molar-refractivity contribution is -0.130. The number of hydrogen-bond donors (Lipinski definition) is 1. The molecule has 27 heavy (non-hydrogen) atoms. The summed E-state index contributed by atoms with van der Waals surface area (Å²) in [7, 11) is -3.46. The van der Waals surface area contributed by atoms with Crippen molar-refractivity contribution in [1.29, 1.82) is 0 Å². The van der Waals surface area contributed by atoms with Gasteiger partial charge in [0.05, 0.1) is 5.92 Å². The maximum atomic E-state index is 13.0. The summed E-state index contributed by atoms with van der Waals surface area (Å²) in [6.45, 7) is 0.835. The lowest BCUT2D eigenvalue weighted by Crippen LogP contribution is -2.57. The van der Waals surface area contributed by atoms with Gasteiger partial charge in [0.2, 0.25) is 5.91 Å². The Kier molecular flexibility index (Phi) is 4.60. The molecule has 1 atom stereocenters. The van der Waals surface area contributed by atoms with E-state index in [0.29, 0.717) is 35.2 Å². The molecule has 0 spiro atoms. The van der Waals surface area contributed by atoms with E-state index in [9.17, 15) is 13.2 Å². The highest BCUT2D eigenvalue weighted by molar-refractivity contribution is 7.91. The van der Waals surface area contributed by atoms with Gasteiger partial charge in [-0.05, 0) is 80.1 Å². The number of hydrogen-bond acceptors (Lipinski definition) is 4. The number of piperidine rings is 1. The number of nitrogens with one attached hydrogen (secondary N) is 1. The van der Waals surface area contributed by atoms with Crippen LogP contribution in [0.2, 0.25) is 0 Å². The quantitative estimate of drug-likeness (QED) is 0.833. The maximum absolute atomic E-state index is 13.0. The van der Waals surface area contributed by atoms with Crippen LogP contribution >= 0.6 is 11.3 Å². The molecule has 1 aliphatic heterocycles. The van der Waals surface area contributed by atoms with E-state index in [0.717, 1.165) is 24.7 Å². The molecule has 1 aromatic rings. The third kappa shape index (κ3) is 3.25. The summed E-state index contributed by atoms with van der Waals surface area (Å²) < 4.78 is 27.5. The first kappa shape index (κ1) is 18.1. The molecule has 2 heterocycles. The fourth-order valence-electron chi connectivity index (χ4n) is 6.36. The van der Waals surface area contributed by atoms with Crippen molar-refractivity contribution in [3.63, 3.8) is 0 Å². The second-order valence-corrected chi connectivity index (χ2v) is 12.2. The van der Waals surface area contributed by atoms with Crippen molar-refractivity contribution >= 4 is 27.3 Å². The molecule has 0 aromatic carbocycles. The number of rotatable bonds is 4. The van der Waals surface area contributed by atoms with Crippen LogP contribution in [-0.2, 0) is 14.8 Å². The van der Waals surface area contributed by atoms with E-state index in [4.69, 9.17) is 0 Å². The van der Waals surface area contributed by atoms with Crippen LogP contribution in [0.3, 0.4) is 0 Å². The van der Waals surface area contributed by atoms with E-state index in [1.807, 2.05) is 0 Å². The average molecular weight is 409 g/mol. The van der Waals surface area contributed by atoms with Crippen molar-refractivity contribution in [1.82, 2.24) is 9.62 Å². The van der Waals surface area contributed by atoms with E-state index in [1.165, 1.54) is 47.7 Å². The number of nitrogens with zero attached hydrogens (tertiary/aromatic N) is 1. The monoisotopic (exact) mass is 408 g/mol. The largest absolute Gasteiger partial charge is 0.353 e. The lowest BCUT2D eigenvalue weighted by atomic mass is 9.54. The highest BCUT2D eigenvalue weighted by Crippen LogP contribution is 2.53. The number of carbonyl (C=O) groups excluding carboxylic acids is 1. The predicted molar refractivity (Wildman–Crippen MR) is 105 cm³/mol. The molecular formula is C20H28N2O3S2. The Hall–Kier alpha value is -0.920. The van der Waals surface area contributed by atoms with Crippen LogP contribution in [0.5, 0.6) is 0 Å². The van der Waals surface area contributed by atoms with Gasteiger partial charge in [0.25, 0.3) is 10.0 Å². The lowest BCUT2D eigenvalue weighted by Gasteiger charge is -2.54. The summed E-state index contributed by atoms with van der Waals surface area (Å²) >= 11 is 1.25. The normalized spacial score (nSPS) is 38.8. The fraction of sp³-hybridized carbons (Fsp3) is 0.750. The summed E-state index contributed by atoms with van der Waals surface area (Å²) in [6, 6.07) is 3.74. The Bertz CT molecular complexity index is 777. The van der Waals surface area contributed by atoms with Gasteiger partial charge in [-0.1, -0.05) is 6.07 Å². The van der Waals surface area contributed by atoms with Gasteiger partial charge in [-0.25, -0.2) is 8.42 Å². The topological polar surface area (TPSA) is 66.5 Å². The summed E-state index contributed by atoms with van der Waals surface area (Å²) in [6.07, 6.45) is 8.07. The van der Waals surface area contributed by atoms with E-state index in [2.05, 4.69) is 5.32 Å². The van der Waals surface area contributed by atoms with Gasteiger partial charge >= 0.3 is 0 Å². The van der Waals surface area contributed by atoms with Crippen molar-refractivity contribution < 1.29 is 13.2 Å². The third-order valence-corrected chi connectivity index (χ3v) is 10.6. The van der Waals surface area contributed by atoms with Crippen molar-refractivity contribution in [3.8, 4) is 0 Å². The molecule has 148 valence electrons. The highest BCUT2D eigenvalue weighted by Gasteiger charge is 2.49. The zero-order chi connectivity index (χ0) is 18.6. The first-order valence-electron chi connectivity index (χ1n) is 10.3. The minimum atomic E-state index is -3.46. The van der Waals surface area contributed by atoms with Crippen LogP contribution < -0.4 is 5.32 Å². The zero-order valence-electron chi connectivity index (χ0n) is 15.5. The van der Waals surface area contributed by atoms with Crippen LogP contribution in [0.1, 0.15) is 44.9 Å². The van der Waals surface area contributed by atoms with Crippen molar-refractivity contribution in [2.75, 3.05) is 13.1 Å². The summed E-state index contributed by atoms with van der Waals surface area (Å²) in [4.78, 5) is 13.0. The molecule has 4 saturated carbocycles. The molecule has 4 aliphatic carbocycles. The summed E-state index contributed by atoms with van der Waals surface area (Å²) in [5.74, 6) is 2.95. The van der Waals surface area contributed by atoms with Crippen LogP contribution in [0.15, 0.2) is 21.7 Å². The Labute approximate surface area is 165 Å². The first-order chi connectivity index (χ1) is 13.0. The van der Waals surface area contributed by atoms with Crippen LogP contribution in [0.4, 0.5) is 0 Å². The predicted octanol–water partition coefficient (Wildman–Crippen LogP) is 3.09. The second-order valence-electron chi connectivity index (χ2n) is 9.10. The smallest absolute Gasteiger partial charge is 0.252 e. The number of carbonyl (C=O) groups is 1. The highest BCUT2D eigenvalue weighted by atomic mass is 32.2. The standard InChI is InChI=1S/C20H28N2O3S2/c23-20(21-19-16-8-13-7-14(10-16)11-17(19)9-13)15-3-1-5-22(12-15)27(24,25)18-4-2-6-26-18/h2,4,6,13-17,19H,1,3,5,7-12H2,(H,21,23). The van der Waals surface area contributed by atoms with Gasteiger partial charge < -0.3 is 5.32 Å². The minimum absolute atomic E-state index is 0.0820. The van der Waals surface area contributed by atoms with Crippen molar-refractivity contribution in [2.45, 2.75) is 55.2 Å². The molecular weight excluding hydrogens is 380 g/mol. The van der Waals surface area contributed by atoms with Gasteiger partial charge in [-0.3, -0.25) is 4.79 Å². The molecule has 5 fully saturated rings. The fourth-order valence-corrected chi connectivity index (χ4v) is 9.02. The first-order valence-corrected chi connectivity index (χ1v) is 12.7. The SMILES string of the molecule is O=C(NC1C2CC3CC(C2)CC1C3)C1CCCN(S(=O)(=O)c2cccs2)C1. The van der Waals surface area contributed by atoms with E-state index in [1.54, 1.807) is 17.5 Å². The van der Waals surface area contributed by atoms with Gasteiger partial charge in [0, 0.05) is 19.1 Å². The molecule has 7 heteroatoms.